The number of hydrogen-bond acceptors (Lipinski definition) is 5. The monoisotopic (exact) mass is 371 g/mol. The minimum absolute atomic E-state index is 0.127. The van der Waals surface area contributed by atoms with Gasteiger partial charge in [0, 0.05) is 30.6 Å². The standard InChI is InChI=1S/C20H25N3O4/c1-3-21-20(25)15-4-6-17(7-5-15)23-19(24)14-22-16-8-10-18(11-9-16)27-13-12-26-2/h4-11,22H,3,12-14H2,1-2H3,(H,21,25)(H,23,24). The molecule has 2 aromatic carbocycles. The van der Waals surface area contributed by atoms with Gasteiger partial charge >= 0.3 is 0 Å². The van der Waals surface area contributed by atoms with E-state index >= 15 is 0 Å². The number of rotatable bonds is 10. The van der Waals surface area contributed by atoms with Gasteiger partial charge in [0.05, 0.1) is 13.2 Å². The predicted octanol–water partition coefficient (Wildman–Crippen LogP) is 2.51. The van der Waals surface area contributed by atoms with Crippen molar-refractivity contribution in [1.82, 2.24) is 5.32 Å². The number of carbonyl (C=O) groups excluding carboxylic acids is 2. The molecule has 0 aliphatic carbocycles. The summed E-state index contributed by atoms with van der Waals surface area (Å²) < 4.78 is 10.4. The van der Waals surface area contributed by atoms with E-state index in [9.17, 15) is 9.59 Å². The Labute approximate surface area is 159 Å². The fraction of sp³-hybridized carbons (Fsp3) is 0.300. The molecule has 0 aliphatic heterocycles. The van der Waals surface area contributed by atoms with Crippen molar-refractivity contribution in [3.8, 4) is 5.75 Å². The molecule has 0 aromatic heterocycles. The third-order valence-electron chi connectivity index (χ3n) is 3.63. The Balaban J connectivity index is 1.78. The van der Waals surface area contributed by atoms with Crippen LogP contribution in [-0.2, 0) is 9.53 Å². The number of nitrogens with one attached hydrogen (secondary N) is 3. The van der Waals surface area contributed by atoms with Crippen LogP contribution in [0.2, 0.25) is 0 Å². The van der Waals surface area contributed by atoms with Crippen molar-refractivity contribution in [3.05, 3.63) is 54.1 Å². The summed E-state index contributed by atoms with van der Waals surface area (Å²) in [6.45, 7) is 3.59. The zero-order valence-electron chi connectivity index (χ0n) is 15.6. The van der Waals surface area contributed by atoms with Gasteiger partial charge in [-0.05, 0) is 55.5 Å². The highest BCUT2D eigenvalue weighted by atomic mass is 16.5. The van der Waals surface area contributed by atoms with Crippen LogP contribution in [-0.4, -0.2) is 45.2 Å². The lowest BCUT2D eigenvalue weighted by Gasteiger charge is -2.10. The highest BCUT2D eigenvalue weighted by Gasteiger charge is 2.06. The first-order chi connectivity index (χ1) is 13.1. The van der Waals surface area contributed by atoms with Crippen molar-refractivity contribution in [1.29, 1.82) is 0 Å². The van der Waals surface area contributed by atoms with Gasteiger partial charge in [-0.25, -0.2) is 0 Å². The second-order valence-corrected chi connectivity index (χ2v) is 5.70. The van der Waals surface area contributed by atoms with E-state index in [2.05, 4.69) is 16.0 Å². The minimum Gasteiger partial charge on any atom is -0.491 e. The molecule has 2 amide bonds. The Hall–Kier alpha value is -3.06. The van der Waals surface area contributed by atoms with Gasteiger partial charge in [-0.2, -0.15) is 0 Å². The predicted molar refractivity (Wildman–Crippen MR) is 105 cm³/mol. The molecule has 0 fully saturated rings. The highest BCUT2D eigenvalue weighted by molar-refractivity contribution is 5.96. The Morgan fingerprint density at radius 2 is 1.59 bits per heavy atom. The maximum atomic E-state index is 12.1. The molecule has 0 atom stereocenters. The zero-order chi connectivity index (χ0) is 19.5. The van der Waals surface area contributed by atoms with Gasteiger partial charge in [-0.1, -0.05) is 0 Å². The van der Waals surface area contributed by atoms with Crippen molar-refractivity contribution in [3.63, 3.8) is 0 Å². The fourth-order valence-corrected chi connectivity index (χ4v) is 2.27. The average molecular weight is 371 g/mol. The maximum absolute atomic E-state index is 12.1. The first kappa shape index (κ1) is 20.3. The lowest BCUT2D eigenvalue weighted by molar-refractivity contribution is -0.114. The average Bonchev–Trinajstić information content (AvgIpc) is 2.68. The van der Waals surface area contributed by atoms with Gasteiger partial charge in [-0.3, -0.25) is 9.59 Å². The second kappa shape index (κ2) is 10.8. The quantitative estimate of drug-likeness (QED) is 0.559. The van der Waals surface area contributed by atoms with Gasteiger partial charge in [0.2, 0.25) is 5.91 Å². The number of methoxy groups -OCH3 is 1. The Morgan fingerprint density at radius 3 is 2.22 bits per heavy atom. The smallest absolute Gasteiger partial charge is 0.251 e. The Kier molecular flexibility index (Phi) is 8.12. The van der Waals surface area contributed by atoms with Crippen LogP contribution >= 0.6 is 0 Å². The number of hydrogen-bond donors (Lipinski definition) is 3. The van der Waals surface area contributed by atoms with E-state index < -0.39 is 0 Å². The molecule has 0 unspecified atom stereocenters. The van der Waals surface area contributed by atoms with Crippen molar-refractivity contribution in [2.24, 2.45) is 0 Å². The summed E-state index contributed by atoms with van der Waals surface area (Å²) in [6, 6.07) is 14.1. The van der Waals surface area contributed by atoms with Crippen LogP contribution in [0.1, 0.15) is 17.3 Å². The van der Waals surface area contributed by atoms with Crippen molar-refractivity contribution in [2.45, 2.75) is 6.92 Å². The van der Waals surface area contributed by atoms with Crippen LogP contribution in [0, 0.1) is 0 Å². The summed E-state index contributed by atoms with van der Waals surface area (Å²) >= 11 is 0. The molecule has 0 radical (unpaired) electrons. The van der Waals surface area contributed by atoms with Gasteiger partial charge in [0.1, 0.15) is 12.4 Å². The largest absolute Gasteiger partial charge is 0.491 e. The van der Waals surface area contributed by atoms with Gasteiger partial charge in [0.25, 0.3) is 5.91 Å². The molecule has 144 valence electrons. The van der Waals surface area contributed by atoms with Gasteiger partial charge < -0.3 is 25.4 Å². The maximum Gasteiger partial charge on any atom is 0.251 e. The molecule has 0 spiro atoms. The molecule has 3 N–H and O–H groups in total. The van der Waals surface area contributed by atoms with Crippen molar-refractivity contribution >= 4 is 23.2 Å². The van der Waals surface area contributed by atoms with E-state index in [-0.39, 0.29) is 18.4 Å². The van der Waals surface area contributed by atoms with E-state index in [0.29, 0.717) is 31.0 Å². The number of benzene rings is 2. The summed E-state index contributed by atoms with van der Waals surface area (Å²) in [5.74, 6) is 0.433. The summed E-state index contributed by atoms with van der Waals surface area (Å²) in [5.41, 5.74) is 2.01. The lowest BCUT2D eigenvalue weighted by atomic mass is 10.2. The normalized spacial score (nSPS) is 10.1. The first-order valence-electron chi connectivity index (χ1n) is 8.76. The van der Waals surface area contributed by atoms with Crippen LogP contribution in [0.5, 0.6) is 5.75 Å². The SMILES string of the molecule is CCNC(=O)c1ccc(NC(=O)CNc2ccc(OCCOC)cc2)cc1. The third-order valence-corrected chi connectivity index (χ3v) is 3.63. The molecule has 27 heavy (non-hydrogen) atoms. The number of anilines is 2. The van der Waals surface area contributed by atoms with Crippen LogP contribution in [0.15, 0.2) is 48.5 Å². The van der Waals surface area contributed by atoms with Gasteiger partial charge in [-0.15, -0.1) is 0 Å². The van der Waals surface area contributed by atoms with E-state index in [1.807, 2.05) is 31.2 Å². The van der Waals surface area contributed by atoms with Gasteiger partial charge in [0.15, 0.2) is 0 Å². The minimum atomic E-state index is -0.179. The molecule has 0 saturated carbocycles. The van der Waals surface area contributed by atoms with Crippen molar-refractivity contribution in [2.75, 3.05) is 44.0 Å². The zero-order valence-corrected chi connectivity index (χ0v) is 15.6. The van der Waals surface area contributed by atoms with E-state index in [4.69, 9.17) is 9.47 Å². The molecule has 2 aromatic rings. The topological polar surface area (TPSA) is 88.7 Å². The molecule has 7 nitrogen and oxygen atoms in total. The fourth-order valence-electron chi connectivity index (χ4n) is 2.27. The Bertz CT molecular complexity index is 730. The van der Waals surface area contributed by atoms with Crippen LogP contribution in [0.3, 0.4) is 0 Å². The summed E-state index contributed by atoms with van der Waals surface area (Å²) in [4.78, 5) is 23.8. The lowest BCUT2D eigenvalue weighted by Crippen LogP contribution is -2.23. The summed E-state index contributed by atoms with van der Waals surface area (Å²) in [5, 5.41) is 8.56. The van der Waals surface area contributed by atoms with Crippen LogP contribution in [0.4, 0.5) is 11.4 Å². The third kappa shape index (κ3) is 6.99. The van der Waals surface area contributed by atoms with Crippen LogP contribution < -0.4 is 20.7 Å². The molecular weight excluding hydrogens is 346 g/mol. The summed E-state index contributed by atoms with van der Waals surface area (Å²) in [6.07, 6.45) is 0. The number of amides is 2. The number of ether oxygens (including phenoxy) is 2. The van der Waals surface area contributed by atoms with E-state index in [1.54, 1.807) is 31.4 Å². The second-order valence-electron chi connectivity index (χ2n) is 5.70. The molecule has 0 aliphatic rings. The highest BCUT2D eigenvalue weighted by Crippen LogP contribution is 2.15. The van der Waals surface area contributed by atoms with Crippen molar-refractivity contribution < 1.29 is 19.1 Å². The van der Waals surface area contributed by atoms with E-state index in [0.717, 1.165) is 11.4 Å². The molecule has 0 heterocycles. The molecule has 0 saturated heterocycles. The Morgan fingerprint density at radius 1 is 0.926 bits per heavy atom. The van der Waals surface area contributed by atoms with Crippen LogP contribution in [0.25, 0.3) is 0 Å². The molecule has 0 bridgehead atoms. The number of carbonyl (C=O) groups is 2. The van der Waals surface area contributed by atoms with E-state index in [1.165, 1.54) is 0 Å². The summed E-state index contributed by atoms with van der Waals surface area (Å²) in [7, 11) is 1.62. The first-order valence-corrected chi connectivity index (χ1v) is 8.76. The molecule has 2 rings (SSSR count). The molecular formula is C20H25N3O4. The molecule has 7 heteroatoms.